The minimum Gasteiger partial charge on any atom is -0.494 e. The molecular weight excluding hydrogens is 490 g/mol. The molecule has 0 fully saturated rings. The average Bonchev–Trinajstić information content (AvgIpc) is 2.76. The molecule has 1 aromatic carbocycles. The van der Waals surface area contributed by atoms with Crippen molar-refractivity contribution in [1.29, 1.82) is 0 Å². The van der Waals surface area contributed by atoms with Crippen LogP contribution >= 0.6 is 27.5 Å². The second kappa shape index (κ2) is 9.54. The van der Waals surface area contributed by atoms with Crippen molar-refractivity contribution < 1.29 is 19.0 Å². The largest absolute Gasteiger partial charge is 0.494 e. The Morgan fingerprint density at radius 1 is 1.26 bits per heavy atom. The number of hydrogen-bond donors (Lipinski definition) is 3. The zero-order chi connectivity index (χ0) is 22.6. The molecule has 0 bridgehead atoms. The van der Waals surface area contributed by atoms with Gasteiger partial charge in [0.05, 0.1) is 18.7 Å². The van der Waals surface area contributed by atoms with E-state index in [0.29, 0.717) is 45.4 Å². The lowest BCUT2D eigenvalue weighted by Gasteiger charge is -2.33. The van der Waals surface area contributed by atoms with Crippen LogP contribution in [0.15, 0.2) is 46.8 Å². The van der Waals surface area contributed by atoms with Crippen LogP contribution in [-0.4, -0.2) is 41.9 Å². The van der Waals surface area contributed by atoms with Crippen molar-refractivity contribution in [3.8, 4) is 11.5 Å². The number of ether oxygens (including phenoxy) is 3. The van der Waals surface area contributed by atoms with Crippen molar-refractivity contribution in [2.75, 3.05) is 26.1 Å². The minimum absolute atomic E-state index is 0.0298. The van der Waals surface area contributed by atoms with Gasteiger partial charge in [-0.3, -0.25) is 9.78 Å². The maximum atomic E-state index is 12.2. The number of anilines is 2. The van der Waals surface area contributed by atoms with Gasteiger partial charge in [0.15, 0.2) is 5.82 Å². The van der Waals surface area contributed by atoms with Crippen LogP contribution in [0.1, 0.15) is 12.6 Å². The van der Waals surface area contributed by atoms with Gasteiger partial charge >= 0.3 is 0 Å². The molecule has 0 spiro atoms. The number of benzene rings is 1. The second-order valence-corrected chi connectivity index (χ2v) is 7.60. The number of primary amides is 1. The predicted octanol–water partition coefficient (Wildman–Crippen LogP) is 3.24. The fourth-order valence-corrected chi connectivity index (χ4v) is 3.68. The molecular formula is C20H21BrClN5O4. The molecule has 164 valence electrons. The average molecular weight is 511 g/mol. The van der Waals surface area contributed by atoms with Crippen molar-refractivity contribution >= 4 is 50.5 Å². The molecule has 1 aromatic heterocycles. The van der Waals surface area contributed by atoms with Crippen LogP contribution in [0.3, 0.4) is 0 Å². The molecule has 1 atom stereocenters. The molecule has 0 saturated carbocycles. The maximum absolute atomic E-state index is 12.2. The van der Waals surface area contributed by atoms with Crippen molar-refractivity contribution in [3.05, 3.63) is 52.5 Å². The fourth-order valence-electron chi connectivity index (χ4n) is 2.98. The van der Waals surface area contributed by atoms with E-state index < -0.39 is 11.1 Å². The van der Waals surface area contributed by atoms with Crippen LogP contribution in [-0.2, 0) is 9.53 Å². The Balaban J connectivity index is 2.13. The highest BCUT2D eigenvalue weighted by Crippen LogP contribution is 2.41. The molecule has 1 unspecified atom stereocenters. The number of allylic oxidation sites excluding steroid dienone is 2. The van der Waals surface area contributed by atoms with E-state index in [2.05, 4.69) is 36.5 Å². The highest BCUT2D eigenvalue weighted by molar-refractivity contribution is 9.11. The first-order valence-electron chi connectivity index (χ1n) is 9.16. The van der Waals surface area contributed by atoms with E-state index in [9.17, 15) is 4.79 Å². The van der Waals surface area contributed by atoms with Crippen LogP contribution in [0.4, 0.5) is 11.5 Å². The van der Waals surface area contributed by atoms with Crippen LogP contribution in [0.2, 0.25) is 0 Å². The number of nitrogens with two attached hydrogens (primary N) is 1. The van der Waals surface area contributed by atoms with Gasteiger partial charge in [0.25, 0.3) is 11.1 Å². The van der Waals surface area contributed by atoms with Gasteiger partial charge in [0.2, 0.25) is 0 Å². The molecule has 1 amide bonds. The second-order valence-electron chi connectivity index (χ2n) is 6.21. The Morgan fingerprint density at radius 3 is 2.48 bits per heavy atom. The molecule has 1 aliphatic heterocycles. The Morgan fingerprint density at radius 2 is 1.90 bits per heavy atom. The number of nitrogens with one attached hydrogen (secondary N) is 2. The van der Waals surface area contributed by atoms with Crippen molar-refractivity contribution in [2.24, 2.45) is 5.73 Å². The SMILES string of the molecule is CCOC1(Cl)NC(C(N)=O)=C(c2nccnc2Nc2c(OC)cccc2OC)C=C1Br. The lowest BCUT2D eigenvalue weighted by Crippen LogP contribution is -2.47. The standard InChI is InChI=1S/C20H21BrClN5O4/c1-4-31-20(22)14(21)10-11(15(27-20)18(23)28)16-19(25-9-8-24-16)26-17-12(29-2)6-5-7-13(17)30-3/h5-10,27H,4H2,1-3H3,(H2,23,28)(H,25,26). The molecule has 31 heavy (non-hydrogen) atoms. The molecule has 2 aromatic rings. The first-order valence-corrected chi connectivity index (χ1v) is 10.3. The minimum atomic E-state index is -1.47. The van der Waals surface area contributed by atoms with Gasteiger partial charge in [-0.05, 0) is 41.1 Å². The fraction of sp³-hybridized carbons (Fsp3) is 0.250. The van der Waals surface area contributed by atoms with Crippen LogP contribution in [0.5, 0.6) is 11.5 Å². The van der Waals surface area contributed by atoms with Gasteiger partial charge in [0, 0.05) is 24.6 Å². The van der Waals surface area contributed by atoms with Gasteiger partial charge in [-0.1, -0.05) is 17.7 Å². The molecule has 4 N–H and O–H groups in total. The summed E-state index contributed by atoms with van der Waals surface area (Å²) in [5, 5.41) is 4.57. The highest BCUT2D eigenvalue weighted by Gasteiger charge is 2.38. The number of amides is 1. The molecule has 2 heterocycles. The summed E-state index contributed by atoms with van der Waals surface area (Å²) in [4.78, 5) is 21.0. The number of halogens is 2. The van der Waals surface area contributed by atoms with Crippen molar-refractivity contribution in [1.82, 2.24) is 15.3 Å². The van der Waals surface area contributed by atoms with E-state index >= 15 is 0 Å². The number of rotatable bonds is 8. The third-order valence-corrected chi connectivity index (χ3v) is 5.77. The number of aromatic nitrogens is 2. The molecule has 3 rings (SSSR count). The molecule has 11 heteroatoms. The van der Waals surface area contributed by atoms with Crippen LogP contribution in [0.25, 0.3) is 5.57 Å². The van der Waals surface area contributed by atoms with Gasteiger partial charge in [0.1, 0.15) is 28.6 Å². The number of hydrogen-bond acceptors (Lipinski definition) is 8. The number of para-hydroxylation sites is 1. The summed E-state index contributed by atoms with van der Waals surface area (Å²) in [5.74, 6) is 0.683. The Bertz CT molecular complexity index is 1040. The van der Waals surface area contributed by atoms with Crippen LogP contribution < -0.4 is 25.8 Å². The number of nitrogens with zero attached hydrogens (tertiary/aromatic N) is 2. The maximum Gasteiger partial charge on any atom is 0.265 e. The lowest BCUT2D eigenvalue weighted by atomic mass is 10.0. The molecule has 0 radical (unpaired) electrons. The zero-order valence-electron chi connectivity index (χ0n) is 17.0. The smallest absolute Gasteiger partial charge is 0.265 e. The predicted molar refractivity (Wildman–Crippen MR) is 121 cm³/mol. The highest BCUT2D eigenvalue weighted by atomic mass is 79.9. The first kappa shape index (κ1) is 22.9. The zero-order valence-corrected chi connectivity index (χ0v) is 19.4. The Labute approximate surface area is 192 Å². The topological polar surface area (TPSA) is 121 Å². The normalized spacial score (nSPS) is 18.2. The van der Waals surface area contributed by atoms with E-state index in [4.69, 9.17) is 31.5 Å². The van der Waals surface area contributed by atoms with E-state index in [-0.39, 0.29) is 5.70 Å². The molecule has 0 saturated heterocycles. The van der Waals surface area contributed by atoms with Gasteiger partial charge in [-0.25, -0.2) is 4.98 Å². The molecule has 1 aliphatic rings. The van der Waals surface area contributed by atoms with Gasteiger partial charge in [-0.2, -0.15) is 0 Å². The van der Waals surface area contributed by atoms with Gasteiger partial charge < -0.3 is 30.6 Å². The number of carbonyl (C=O) groups excluding carboxylic acids is 1. The summed E-state index contributed by atoms with van der Waals surface area (Å²) in [6.07, 6.45) is 4.63. The Hall–Kier alpha value is -2.82. The third kappa shape index (κ3) is 4.60. The monoisotopic (exact) mass is 509 g/mol. The Kier molecular flexibility index (Phi) is 7.04. The number of dihydropyridines is 1. The van der Waals surface area contributed by atoms with Gasteiger partial charge in [-0.15, -0.1) is 0 Å². The summed E-state index contributed by atoms with van der Waals surface area (Å²) < 4.78 is 16.9. The first-order chi connectivity index (χ1) is 14.8. The van der Waals surface area contributed by atoms with E-state index in [1.165, 1.54) is 12.4 Å². The number of methoxy groups -OCH3 is 2. The van der Waals surface area contributed by atoms with E-state index in [1.807, 2.05) is 0 Å². The number of alkyl halides is 1. The summed E-state index contributed by atoms with van der Waals surface area (Å²) in [6.45, 7) is 2.08. The summed E-state index contributed by atoms with van der Waals surface area (Å²) in [5.41, 5.74) is 6.93. The van der Waals surface area contributed by atoms with Crippen molar-refractivity contribution in [2.45, 2.75) is 12.1 Å². The molecule has 0 aliphatic carbocycles. The summed E-state index contributed by atoms with van der Waals surface area (Å²) in [6, 6.07) is 5.35. The lowest BCUT2D eigenvalue weighted by molar-refractivity contribution is -0.115. The van der Waals surface area contributed by atoms with Crippen LogP contribution in [0, 0.1) is 0 Å². The summed E-state index contributed by atoms with van der Waals surface area (Å²) >= 11 is 9.90. The third-order valence-electron chi connectivity index (χ3n) is 4.35. The summed E-state index contributed by atoms with van der Waals surface area (Å²) in [7, 11) is 3.09. The quantitative estimate of drug-likeness (QED) is 0.366. The van der Waals surface area contributed by atoms with E-state index in [0.717, 1.165) is 0 Å². The van der Waals surface area contributed by atoms with Crippen molar-refractivity contribution in [3.63, 3.8) is 0 Å². The molecule has 9 nitrogen and oxygen atoms in total. The number of carbonyl (C=O) groups is 1. The van der Waals surface area contributed by atoms with E-state index in [1.54, 1.807) is 45.4 Å².